The lowest BCUT2D eigenvalue weighted by atomic mass is 10.1. The van der Waals surface area contributed by atoms with Crippen molar-refractivity contribution in [3.63, 3.8) is 0 Å². The molecule has 1 aromatic carbocycles. The van der Waals surface area contributed by atoms with Crippen molar-refractivity contribution in [1.82, 2.24) is 19.6 Å². The van der Waals surface area contributed by atoms with Crippen LogP contribution in [0.4, 0.5) is 0 Å². The summed E-state index contributed by atoms with van der Waals surface area (Å²) < 4.78 is 1.96. The summed E-state index contributed by atoms with van der Waals surface area (Å²) in [6, 6.07) is 10.6. The highest BCUT2D eigenvalue weighted by Crippen LogP contribution is 2.19. The Morgan fingerprint density at radius 1 is 1.12 bits per heavy atom. The zero-order valence-corrected chi connectivity index (χ0v) is 15.3. The number of aromatic nitrogens is 2. The molecule has 0 radical (unpaired) electrons. The minimum atomic E-state index is 0.261. The van der Waals surface area contributed by atoms with Gasteiger partial charge in [-0.25, -0.2) is 0 Å². The Morgan fingerprint density at radius 2 is 1.92 bits per heavy atom. The number of nitrogens with zero attached hydrogens (tertiary/aromatic N) is 4. The van der Waals surface area contributed by atoms with Gasteiger partial charge in [-0.2, -0.15) is 5.10 Å². The third-order valence-corrected chi connectivity index (χ3v) is 4.96. The molecular weight excluding hydrogens is 312 g/mol. The summed E-state index contributed by atoms with van der Waals surface area (Å²) >= 11 is 0. The largest absolute Gasteiger partial charge is 0.334 e. The van der Waals surface area contributed by atoms with Gasteiger partial charge in [0.1, 0.15) is 0 Å². The van der Waals surface area contributed by atoms with E-state index in [-0.39, 0.29) is 11.9 Å². The van der Waals surface area contributed by atoms with Crippen LogP contribution in [0.25, 0.3) is 0 Å². The first-order valence-electron chi connectivity index (χ1n) is 9.26. The molecule has 0 bridgehead atoms. The standard InChI is InChI=1S/C20H28N4O/c1-3-19-16-22(13-18-12-21-23(4-2)14-18)11-10-20(25)24(19)15-17-8-6-5-7-9-17/h5-9,12,14,19H,3-4,10-11,13,15-16H2,1-2H3/t19-/m1/s1. The van der Waals surface area contributed by atoms with Crippen LogP contribution in [-0.4, -0.2) is 44.6 Å². The van der Waals surface area contributed by atoms with Crippen molar-refractivity contribution in [2.45, 2.75) is 52.4 Å². The van der Waals surface area contributed by atoms with Crippen LogP contribution in [0.5, 0.6) is 0 Å². The van der Waals surface area contributed by atoms with Crippen molar-refractivity contribution >= 4 is 5.91 Å². The number of rotatable bonds is 6. The monoisotopic (exact) mass is 340 g/mol. The van der Waals surface area contributed by atoms with E-state index in [0.717, 1.165) is 32.6 Å². The van der Waals surface area contributed by atoms with E-state index in [1.807, 2.05) is 29.1 Å². The predicted octanol–water partition coefficient (Wildman–Crippen LogP) is 2.92. The molecule has 2 heterocycles. The second-order valence-corrected chi connectivity index (χ2v) is 6.76. The van der Waals surface area contributed by atoms with Crippen LogP contribution in [0.1, 0.15) is 37.8 Å². The molecule has 0 N–H and O–H groups in total. The van der Waals surface area contributed by atoms with Gasteiger partial charge in [-0.05, 0) is 18.9 Å². The van der Waals surface area contributed by atoms with Gasteiger partial charge < -0.3 is 4.90 Å². The molecule has 0 unspecified atom stereocenters. The lowest BCUT2D eigenvalue weighted by molar-refractivity contribution is -0.133. The van der Waals surface area contributed by atoms with Gasteiger partial charge in [0.15, 0.2) is 0 Å². The Labute approximate surface area is 150 Å². The van der Waals surface area contributed by atoms with E-state index >= 15 is 0 Å². The lowest BCUT2D eigenvalue weighted by Gasteiger charge is -2.31. The molecule has 1 atom stereocenters. The Balaban J connectivity index is 1.69. The van der Waals surface area contributed by atoms with Crippen LogP contribution in [0.15, 0.2) is 42.7 Å². The molecule has 1 saturated heterocycles. The van der Waals surface area contributed by atoms with Gasteiger partial charge in [0.25, 0.3) is 0 Å². The molecule has 1 aromatic heterocycles. The Kier molecular flexibility index (Phi) is 5.87. The molecule has 1 amide bonds. The van der Waals surface area contributed by atoms with Crippen LogP contribution in [0.3, 0.4) is 0 Å². The zero-order valence-electron chi connectivity index (χ0n) is 15.3. The number of aryl methyl sites for hydroxylation is 1. The van der Waals surface area contributed by atoms with E-state index in [1.165, 1.54) is 11.1 Å². The molecule has 1 aliphatic rings. The van der Waals surface area contributed by atoms with Gasteiger partial charge in [0, 0.05) is 56.9 Å². The van der Waals surface area contributed by atoms with Crippen LogP contribution in [-0.2, 0) is 24.4 Å². The highest BCUT2D eigenvalue weighted by molar-refractivity contribution is 5.77. The summed E-state index contributed by atoms with van der Waals surface area (Å²) in [5.74, 6) is 0.266. The number of hydrogen-bond acceptors (Lipinski definition) is 3. The molecule has 5 nitrogen and oxygen atoms in total. The predicted molar refractivity (Wildman–Crippen MR) is 98.9 cm³/mol. The first kappa shape index (κ1) is 17.7. The summed E-state index contributed by atoms with van der Waals surface area (Å²) in [6.45, 7) is 8.47. The average molecular weight is 340 g/mol. The average Bonchev–Trinajstić information content (AvgIpc) is 3.04. The fourth-order valence-electron chi connectivity index (χ4n) is 3.50. The summed E-state index contributed by atoms with van der Waals surface area (Å²) in [4.78, 5) is 17.2. The maximum absolute atomic E-state index is 12.7. The maximum atomic E-state index is 12.7. The molecule has 3 rings (SSSR count). The third kappa shape index (κ3) is 4.48. The fraction of sp³-hybridized carbons (Fsp3) is 0.500. The molecule has 0 saturated carbocycles. The van der Waals surface area contributed by atoms with Crippen molar-refractivity contribution in [3.8, 4) is 0 Å². The first-order valence-corrected chi connectivity index (χ1v) is 9.26. The van der Waals surface area contributed by atoms with Crippen LogP contribution < -0.4 is 0 Å². The van der Waals surface area contributed by atoms with Gasteiger partial charge >= 0.3 is 0 Å². The Hall–Kier alpha value is -2.14. The van der Waals surface area contributed by atoms with Crippen LogP contribution >= 0.6 is 0 Å². The van der Waals surface area contributed by atoms with Crippen LogP contribution in [0.2, 0.25) is 0 Å². The van der Waals surface area contributed by atoms with Crippen molar-refractivity contribution < 1.29 is 4.79 Å². The molecule has 5 heteroatoms. The van der Waals surface area contributed by atoms with E-state index < -0.39 is 0 Å². The van der Waals surface area contributed by atoms with E-state index in [1.54, 1.807) is 0 Å². The molecule has 2 aromatic rings. The second kappa shape index (κ2) is 8.30. The highest BCUT2D eigenvalue weighted by Gasteiger charge is 2.28. The number of hydrogen-bond donors (Lipinski definition) is 0. The highest BCUT2D eigenvalue weighted by atomic mass is 16.2. The summed E-state index contributed by atoms with van der Waals surface area (Å²) in [7, 11) is 0. The van der Waals surface area contributed by atoms with Gasteiger partial charge in [-0.15, -0.1) is 0 Å². The Morgan fingerprint density at radius 3 is 2.60 bits per heavy atom. The van der Waals surface area contributed by atoms with E-state index in [9.17, 15) is 4.79 Å². The number of benzene rings is 1. The normalized spacial score (nSPS) is 19.2. The quantitative estimate of drug-likeness (QED) is 0.812. The third-order valence-electron chi connectivity index (χ3n) is 4.96. The van der Waals surface area contributed by atoms with E-state index in [2.05, 4.69) is 47.1 Å². The fourth-order valence-corrected chi connectivity index (χ4v) is 3.50. The topological polar surface area (TPSA) is 41.4 Å². The smallest absolute Gasteiger partial charge is 0.224 e. The van der Waals surface area contributed by atoms with Crippen molar-refractivity contribution in [1.29, 1.82) is 0 Å². The molecular formula is C20H28N4O. The van der Waals surface area contributed by atoms with Gasteiger partial charge in [0.2, 0.25) is 5.91 Å². The SMILES string of the molecule is CC[C@@H]1CN(Cc2cnn(CC)c2)CCC(=O)N1Cc1ccccc1. The lowest BCUT2D eigenvalue weighted by Crippen LogP contribution is -2.42. The van der Waals surface area contributed by atoms with Gasteiger partial charge in [-0.3, -0.25) is 14.4 Å². The molecule has 0 spiro atoms. The number of amides is 1. The minimum absolute atomic E-state index is 0.261. The molecule has 134 valence electrons. The summed E-state index contributed by atoms with van der Waals surface area (Å²) in [5.41, 5.74) is 2.42. The van der Waals surface area contributed by atoms with Gasteiger partial charge in [-0.1, -0.05) is 37.3 Å². The Bertz CT molecular complexity index is 682. The number of carbonyl (C=O) groups excluding carboxylic acids is 1. The molecule has 1 fully saturated rings. The first-order chi connectivity index (χ1) is 12.2. The van der Waals surface area contributed by atoms with Crippen molar-refractivity contribution in [3.05, 3.63) is 53.9 Å². The van der Waals surface area contributed by atoms with Crippen molar-refractivity contribution in [2.75, 3.05) is 13.1 Å². The van der Waals surface area contributed by atoms with E-state index in [4.69, 9.17) is 0 Å². The molecule has 25 heavy (non-hydrogen) atoms. The maximum Gasteiger partial charge on any atom is 0.224 e. The zero-order chi connectivity index (χ0) is 17.6. The van der Waals surface area contributed by atoms with Crippen molar-refractivity contribution in [2.24, 2.45) is 0 Å². The second-order valence-electron chi connectivity index (χ2n) is 6.76. The van der Waals surface area contributed by atoms with E-state index in [0.29, 0.717) is 13.0 Å². The molecule has 1 aliphatic heterocycles. The summed E-state index contributed by atoms with van der Waals surface area (Å²) in [5, 5.41) is 4.36. The summed E-state index contributed by atoms with van der Waals surface area (Å²) in [6.07, 6.45) is 5.61. The van der Waals surface area contributed by atoms with Crippen LogP contribution in [0, 0.1) is 0 Å². The number of carbonyl (C=O) groups is 1. The minimum Gasteiger partial charge on any atom is -0.334 e. The van der Waals surface area contributed by atoms with Gasteiger partial charge in [0.05, 0.1) is 6.20 Å². The molecule has 0 aliphatic carbocycles.